The molecule has 0 aromatic rings. The van der Waals surface area contributed by atoms with E-state index in [1.54, 1.807) is 13.8 Å². The topological polar surface area (TPSA) is 173 Å². The quantitative estimate of drug-likeness (QED) is 0.0819. The van der Waals surface area contributed by atoms with Crippen LogP contribution in [-0.4, -0.2) is 99.5 Å². The van der Waals surface area contributed by atoms with Gasteiger partial charge in [0, 0.05) is 37.5 Å². The average Bonchev–Trinajstić information content (AvgIpc) is 2.96. The van der Waals surface area contributed by atoms with Gasteiger partial charge in [0.15, 0.2) is 12.6 Å². The number of carbonyl (C=O) groups is 4. The second-order valence-corrected chi connectivity index (χ2v) is 8.00. The average molecular weight is 559 g/mol. The summed E-state index contributed by atoms with van der Waals surface area (Å²) in [4.78, 5) is 47.3. The Morgan fingerprint density at radius 1 is 0.615 bits per heavy atom. The zero-order chi connectivity index (χ0) is 29.9. The van der Waals surface area contributed by atoms with Crippen LogP contribution in [0.5, 0.6) is 0 Å². The summed E-state index contributed by atoms with van der Waals surface area (Å²) >= 11 is 0. The molecule has 0 amide bonds. The maximum atomic E-state index is 11.8. The second-order valence-electron chi connectivity index (χ2n) is 8.00. The van der Waals surface area contributed by atoms with Gasteiger partial charge in [0.25, 0.3) is 0 Å². The van der Waals surface area contributed by atoms with Gasteiger partial charge < -0.3 is 43.4 Å². The van der Waals surface area contributed by atoms with Gasteiger partial charge in [-0.05, 0) is 13.8 Å². The molecule has 39 heavy (non-hydrogen) atoms. The van der Waals surface area contributed by atoms with E-state index in [9.17, 15) is 29.4 Å². The number of esters is 4. The summed E-state index contributed by atoms with van der Waals surface area (Å²) in [5.74, 6) is -3.40. The van der Waals surface area contributed by atoms with E-state index < -0.39 is 86.9 Å². The van der Waals surface area contributed by atoms with Crippen LogP contribution in [0.1, 0.15) is 13.8 Å². The molecule has 0 saturated heterocycles. The van der Waals surface area contributed by atoms with Gasteiger partial charge in [-0.15, -0.1) is 0 Å². The third kappa shape index (κ3) is 11.5. The Hall–Kier alpha value is -3.36. The van der Waals surface area contributed by atoms with Crippen molar-refractivity contribution >= 4 is 23.9 Å². The molecule has 0 fully saturated rings. The first-order chi connectivity index (χ1) is 18.6. The molecule has 0 aliphatic carbocycles. The maximum Gasteiger partial charge on any atom is 0.330 e. The van der Waals surface area contributed by atoms with E-state index in [0.29, 0.717) is 0 Å². The van der Waals surface area contributed by atoms with Crippen LogP contribution in [-0.2, 0) is 52.3 Å². The van der Waals surface area contributed by atoms with Gasteiger partial charge in [-0.2, -0.15) is 0 Å². The van der Waals surface area contributed by atoms with E-state index >= 15 is 0 Å². The van der Waals surface area contributed by atoms with Gasteiger partial charge in [0.1, 0.15) is 37.3 Å². The number of carbonyl (C=O) groups excluding carboxylic acids is 4. The molecule has 0 aliphatic rings. The van der Waals surface area contributed by atoms with Crippen LogP contribution in [0.25, 0.3) is 0 Å². The largest absolute Gasteiger partial charge is 0.462 e. The fourth-order valence-corrected chi connectivity index (χ4v) is 2.92. The molecular weight excluding hydrogens is 520 g/mol. The zero-order valence-electron chi connectivity index (χ0n) is 22.3. The highest BCUT2D eigenvalue weighted by molar-refractivity contribution is 5.82. The minimum atomic E-state index is -1.74. The van der Waals surface area contributed by atoms with Gasteiger partial charge in [-0.25, -0.2) is 19.2 Å². The minimum absolute atomic E-state index is 0.0148. The fourth-order valence-electron chi connectivity index (χ4n) is 2.92. The summed E-state index contributed by atoms with van der Waals surface area (Å²) in [6, 6.07) is 0. The molecule has 2 atom stereocenters. The predicted molar refractivity (Wildman–Crippen MR) is 136 cm³/mol. The summed E-state index contributed by atoms with van der Waals surface area (Å²) in [7, 11) is 0. The number of ether oxygens (including phenoxy) is 7. The summed E-state index contributed by atoms with van der Waals surface area (Å²) in [6.45, 7) is 12.5. The van der Waals surface area contributed by atoms with Crippen LogP contribution in [0, 0.1) is 10.8 Å². The van der Waals surface area contributed by atoms with Gasteiger partial charge in [-0.1, -0.05) is 26.3 Å². The highest BCUT2D eigenvalue weighted by atomic mass is 16.8. The molecule has 2 N–H and O–H groups in total. The molecule has 220 valence electrons. The number of aliphatic hydroxyl groups excluding tert-OH is 2. The molecular formula is C26H38O13. The molecule has 0 saturated carbocycles. The number of hydrogen-bond donors (Lipinski definition) is 2. The van der Waals surface area contributed by atoms with Crippen molar-refractivity contribution in [2.24, 2.45) is 10.8 Å². The van der Waals surface area contributed by atoms with Crippen molar-refractivity contribution in [2.75, 3.05) is 52.9 Å². The van der Waals surface area contributed by atoms with Crippen LogP contribution in [0.4, 0.5) is 0 Å². The monoisotopic (exact) mass is 558 g/mol. The zero-order valence-corrected chi connectivity index (χ0v) is 22.3. The van der Waals surface area contributed by atoms with Crippen LogP contribution in [0.3, 0.4) is 0 Å². The third-order valence-electron chi connectivity index (χ3n) is 5.19. The lowest BCUT2D eigenvalue weighted by Crippen LogP contribution is -2.56. The first-order valence-corrected chi connectivity index (χ1v) is 11.8. The number of aliphatic hydroxyl groups is 2. The van der Waals surface area contributed by atoms with Crippen LogP contribution < -0.4 is 0 Å². The van der Waals surface area contributed by atoms with E-state index in [1.807, 2.05) is 0 Å². The van der Waals surface area contributed by atoms with Crippen LogP contribution in [0.15, 0.2) is 50.6 Å². The van der Waals surface area contributed by atoms with E-state index in [0.717, 1.165) is 24.3 Å². The highest BCUT2D eigenvalue weighted by Gasteiger charge is 2.50. The Morgan fingerprint density at radius 2 is 0.872 bits per heavy atom. The molecule has 13 nitrogen and oxygen atoms in total. The third-order valence-corrected chi connectivity index (χ3v) is 5.19. The lowest BCUT2D eigenvalue weighted by molar-refractivity contribution is -0.333. The summed E-state index contributed by atoms with van der Waals surface area (Å²) < 4.78 is 38.0. The maximum absolute atomic E-state index is 11.8. The van der Waals surface area contributed by atoms with Crippen molar-refractivity contribution < 1.29 is 62.5 Å². The molecule has 0 heterocycles. The number of rotatable bonds is 22. The van der Waals surface area contributed by atoms with E-state index in [2.05, 4.69) is 26.3 Å². The molecule has 0 aromatic heterocycles. The van der Waals surface area contributed by atoms with Crippen molar-refractivity contribution in [3.63, 3.8) is 0 Å². The molecule has 0 rings (SSSR count). The minimum Gasteiger partial charge on any atom is -0.462 e. The van der Waals surface area contributed by atoms with Gasteiger partial charge in [0.05, 0.1) is 13.2 Å². The molecule has 13 heteroatoms. The van der Waals surface area contributed by atoms with Gasteiger partial charge in [0.2, 0.25) is 0 Å². The normalized spacial score (nSPS) is 12.8. The van der Waals surface area contributed by atoms with E-state index in [1.165, 1.54) is 0 Å². The Kier molecular flexibility index (Phi) is 17.2. The number of hydrogen-bond acceptors (Lipinski definition) is 13. The molecule has 0 radical (unpaired) electrons. The van der Waals surface area contributed by atoms with Crippen molar-refractivity contribution in [3.8, 4) is 0 Å². The highest BCUT2D eigenvalue weighted by Crippen LogP contribution is 2.34. The van der Waals surface area contributed by atoms with Crippen molar-refractivity contribution in [1.82, 2.24) is 0 Å². The standard InChI is InChI=1S/C26H38O13/c1-7-19(29)35-15-25(13-27,16-36-20(30)8-2)23(33-11-5)39-24(34-12-6)26(14-28,17-37-21(31)9-3)18-38-22(32)10-4/h7-10,23-24,27-28H,1-4,11-18H2,5-6H3. The first-order valence-electron chi connectivity index (χ1n) is 11.8. The summed E-state index contributed by atoms with van der Waals surface area (Å²) in [5.41, 5.74) is -3.47. The van der Waals surface area contributed by atoms with Gasteiger partial charge >= 0.3 is 23.9 Å². The predicted octanol–water partition coefficient (Wildman–Crippen LogP) is 0.602. The summed E-state index contributed by atoms with van der Waals surface area (Å²) in [5, 5.41) is 20.8. The Balaban J connectivity index is 6.66. The Bertz CT molecular complexity index is 735. The van der Waals surface area contributed by atoms with Gasteiger partial charge in [-0.3, -0.25) is 0 Å². The van der Waals surface area contributed by atoms with Crippen molar-refractivity contribution in [2.45, 2.75) is 26.4 Å². The smallest absolute Gasteiger partial charge is 0.330 e. The SMILES string of the molecule is C=CC(=O)OCC(CO)(COC(=O)C=C)C(OCC)OC(OCC)C(CO)(COC(=O)C=C)COC(=O)C=C. The summed E-state index contributed by atoms with van der Waals surface area (Å²) in [6.07, 6.45) is 0.476. The second kappa shape index (κ2) is 18.8. The van der Waals surface area contributed by atoms with Crippen LogP contribution >= 0.6 is 0 Å². The molecule has 0 spiro atoms. The van der Waals surface area contributed by atoms with E-state index in [-0.39, 0.29) is 13.2 Å². The van der Waals surface area contributed by atoms with E-state index in [4.69, 9.17) is 33.2 Å². The molecule has 0 aliphatic heterocycles. The van der Waals surface area contributed by atoms with Crippen molar-refractivity contribution in [1.29, 1.82) is 0 Å². The Morgan fingerprint density at radius 3 is 1.05 bits per heavy atom. The molecule has 2 unspecified atom stereocenters. The molecule has 0 aromatic carbocycles. The lowest BCUT2D eigenvalue weighted by atomic mass is 9.87. The molecule has 0 bridgehead atoms. The van der Waals surface area contributed by atoms with Crippen molar-refractivity contribution in [3.05, 3.63) is 50.6 Å². The fraction of sp³-hybridized carbons (Fsp3) is 0.538. The van der Waals surface area contributed by atoms with Crippen LogP contribution in [0.2, 0.25) is 0 Å². The first kappa shape index (κ1) is 35.6. The Labute approximate surface area is 227 Å². The lowest BCUT2D eigenvalue weighted by Gasteiger charge is -2.43.